The van der Waals surface area contributed by atoms with E-state index < -0.39 is 0 Å². The smallest absolute Gasteiger partial charge is 0.0318 e. The van der Waals surface area contributed by atoms with E-state index >= 15 is 0 Å². The Morgan fingerprint density at radius 2 is 2.25 bits per heavy atom. The zero-order valence-corrected chi connectivity index (χ0v) is 11.3. The van der Waals surface area contributed by atoms with Crippen LogP contribution in [0.15, 0.2) is 22.7 Å². The van der Waals surface area contributed by atoms with Crippen LogP contribution >= 0.6 is 15.9 Å². The summed E-state index contributed by atoms with van der Waals surface area (Å²) in [6.07, 6.45) is 4.01. The van der Waals surface area contributed by atoms with Crippen LogP contribution in [0.5, 0.6) is 0 Å². The first-order chi connectivity index (χ1) is 7.66. The van der Waals surface area contributed by atoms with Crippen LogP contribution in [0, 0.1) is 0 Å². The molecule has 2 N–H and O–H groups in total. The molecule has 1 aliphatic heterocycles. The van der Waals surface area contributed by atoms with E-state index in [1.807, 2.05) is 12.1 Å². The molecular weight excluding hydrogens is 264 g/mol. The summed E-state index contributed by atoms with van der Waals surface area (Å²) in [6, 6.07) is 6.75. The van der Waals surface area contributed by atoms with Crippen molar-refractivity contribution in [1.29, 1.82) is 0 Å². The van der Waals surface area contributed by atoms with Crippen molar-refractivity contribution in [2.24, 2.45) is 0 Å². The molecule has 1 atom stereocenters. The zero-order chi connectivity index (χ0) is 11.5. The van der Waals surface area contributed by atoms with Gasteiger partial charge in [0, 0.05) is 22.7 Å². The lowest BCUT2D eigenvalue weighted by atomic mass is 10.0. The molecule has 0 radical (unpaired) electrons. The predicted octanol–water partition coefficient (Wildman–Crippen LogP) is 3.41. The zero-order valence-electron chi connectivity index (χ0n) is 9.75. The maximum absolute atomic E-state index is 5.83. The minimum Gasteiger partial charge on any atom is -0.399 e. The van der Waals surface area contributed by atoms with Crippen molar-refractivity contribution in [3.8, 4) is 0 Å². The number of anilines is 1. The van der Waals surface area contributed by atoms with Gasteiger partial charge in [-0.1, -0.05) is 22.4 Å². The van der Waals surface area contributed by atoms with Crippen LogP contribution in [0.1, 0.15) is 31.7 Å². The number of likely N-dealkylation sites (tertiary alicyclic amines) is 1. The quantitative estimate of drug-likeness (QED) is 0.843. The Labute approximate surface area is 106 Å². The van der Waals surface area contributed by atoms with Gasteiger partial charge in [0.2, 0.25) is 0 Å². The predicted molar refractivity (Wildman–Crippen MR) is 72.3 cm³/mol. The lowest BCUT2D eigenvalue weighted by Crippen LogP contribution is -2.36. The molecule has 16 heavy (non-hydrogen) atoms. The van der Waals surface area contributed by atoms with Gasteiger partial charge in [-0.25, -0.2) is 0 Å². The summed E-state index contributed by atoms with van der Waals surface area (Å²) < 4.78 is 1.17. The number of nitrogen functional groups attached to an aromatic ring is 1. The molecule has 1 aromatic rings. The van der Waals surface area contributed by atoms with Crippen molar-refractivity contribution < 1.29 is 0 Å². The molecule has 2 rings (SSSR count). The van der Waals surface area contributed by atoms with E-state index in [0.29, 0.717) is 6.04 Å². The highest BCUT2D eigenvalue weighted by Gasteiger charge is 2.18. The summed E-state index contributed by atoms with van der Waals surface area (Å²) in [6.45, 7) is 4.54. The van der Waals surface area contributed by atoms with Crippen LogP contribution in [0.3, 0.4) is 0 Å². The van der Waals surface area contributed by atoms with Gasteiger partial charge in [0.25, 0.3) is 0 Å². The Balaban J connectivity index is 2.10. The van der Waals surface area contributed by atoms with Gasteiger partial charge in [0.15, 0.2) is 0 Å². The van der Waals surface area contributed by atoms with E-state index in [4.69, 9.17) is 5.73 Å². The third-order valence-electron chi connectivity index (χ3n) is 3.38. The number of rotatable bonds is 2. The molecule has 0 amide bonds. The maximum Gasteiger partial charge on any atom is 0.0318 e. The summed E-state index contributed by atoms with van der Waals surface area (Å²) in [5, 5.41) is 0. The number of hydrogen-bond donors (Lipinski definition) is 1. The average molecular weight is 283 g/mol. The van der Waals surface area contributed by atoms with Gasteiger partial charge in [-0.05, 0) is 50.1 Å². The standard InChI is InChI=1S/C13H19BrN2/c1-10-4-2-3-7-16(10)9-11-8-12(15)5-6-13(11)14/h5-6,8,10H,2-4,7,9,15H2,1H3. The van der Waals surface area contributed by atoms with Crippen molar-refractivity contribution in [3.05, 3.63) is 28.2 Å². The second kappa shape index (κ2) is 5.19. The van der Waals surface area contributed by atoms with Crippen molar-refractivity contribution in [2.45, 2.75) is 38.8 Å². The summed E-state index contributed by atoms with van der Waals surface area (Å²) in [4.78, 5) is 2.54. The van der Waals surface area contributed by atoms with Crippen LogP contribution in [0.4, 0.5) is 5.69 Å². The molecule has 3 heteroatoms. The molecule has 2 nitrogen and oxygen atoms in total. The molecule has 1 fully saturated rings. The monoisotopic (exact) mass is 282 g/mol. The second-order valence-corrected chi connectivity index (χ2v) is 5.52. The van der Waals surface area contributed by atoms with E-state index in [1.165, 1.54) is 35.8 Å². The fraction of sp³-hybridized carbons (Fsp3) is 0.538. The first kappa shape index (κ1) is 11.9. The SMILES string of the molecule is CC1CCCCN1Cc1cc(N)ccc1Br. The number of nitrogens with zero attached hydrogens (tertiary/aromatic N) is 1. The molecular formula is C13H19BrN2. The van der Waals surface area contributed by atoms with Gasteiger partial charge < -0.3 is 5.73 Å². The average Bonchev–Trinajstić information content (AvgIpc) is 2.27. The summed E-state index contributed by atoms with van der Waals surface area (Å²) in [5.41, 5.74) is 7.98. The van der Waals surface area contributed by atoms with Crippen molar-refractivity contribution >= 4 is 21.6 Å². The van der Waals surface area contributed by atoms with Gasteiger partial charge in [-0.15, -0.1) is 0 Å². The molecule has 1 aromatic carbocycles. The molecule has 0 saturated carbocycles. The normalized spacial score (nSPS) is 22.2. The van der Waals surface area contributed by atoms with Crippen LogP contribution < -0.4 is 5.73 Å². The third kappa shape index (κ3) is 2.77. The minimum absolute atomic E-state index is 0.696. The lowest BCUT2D eigenvalue weighted by molar-refractivity contribution is 0.152. The van der Waals surface area contributed by atoms with Crippen molar-refractivity contribution in [3.63, 3.8) is 0 Å². The molecule has 1 heterocycles. The molecule has 0 spiro atoms. The number of benzene rings is 1. The highest BCUT2D eigenvalue weighted by atomic mass is 79.9. The molecule has 0 bridgehead atoms. The highest BCUT2D eigenvalue weighted by molar-refractivity contribution is 9.10. The molecule has 1 saturated heterocycles. The lowest BCUT2D eigenvalue weighted by Gasteiger charge is -2.33. The van der Waals surface area contributed by atoms with Crippen molar-refractivity contribution in [1.82, 2.24) is 4.90 Å². The van der Waals surface area contributed by atoms with E-state index in [1.54, 1.807) is 0 Å². The summed E-state index contributed by atoms with van der Waals surface area (Å²) in [5.74, 6) is 0. The third-order valence-corrected chi connectivity index (χ3v) is 4.16. The van der Waals surface area contributed by atoms with Crippen LogP contribution in [-0.4, -0.2) is 17.5 Å². The minimum atomic E-state index is 0.696. The van der Waals surface area contributed by atoms with Gasteiger partial charge in [-0.3, -0.25) is 4.90 Å². The molecule has 88 valence electrons. The van der Waals surface area contributed by atoms with E-state index in [2.05, 4.69) is 33.8 Å². The fourth-order valence-corrected chi connectivity index (χ4v) is 2.70. The number of hydrogen-bond acceptors (Lipinski definition) is 2. The Morgan fingerprint density at radius 1 is 1.44 bits per heavy atom. The van der Waals surface area contributed by atoms with Gasteiger partial charge in [-0.2, -0.15) is 0 Å². The Bertz CT molecular complexity index is 365. The number of halogens is 1. The molecule has 1 unspecified atom stereocenters. The topological polar surface area (TPSA) is 29.3 Å². The van der Waals surface area contributed by atoms with Crippen LogP contribution in [-0.2, 0) is 6.54 Å². The first-order valence-corrected chi connectivity index (χ1v) is 6.74. The Morgan fingerprint density at radius 3 is 3.00 bits per heavy atom. The Hall–Kier alpha value is -0.540. The second-order valence-electron chi connectivity index (χ2n) is 4.67. The van der Waals surface area contributed by atoms with Gasteiger partial charge in [0.1, 0.15) is 0 Å². The van der Waals surface area contributed by atoms with E-state index in [9.17, 15) is 0 Å². The number of piperidine rings is 1. The van der Waals surface area contributed by atoms with E-state index in [0.717, 1.165) is 12.2 Å². The molecule has 0 aromatic heterocycles. The maximum atomic E-state index is 5.83. The van der Waals surface area contributed by atoms with Crippen molar-refractivity contribution in [2.75, 3.05) is 12.3 Å². The molecule has 1 aliphatic rings. The van der Waals surface area contributed by atoms with Crippen LogP contribution in [0.2, 0.25) is 0 Å². The summed E-state index contributed by atoms with van der Waals surface area (Å²) >= 11 is 3.59. The molecule has 0 aliphatic carbocycles. The highest BCUT2D eigenvalue weighted by Crippen LogP contribution is 2.24. The van der Waals surface area contributed by atoms with Crippen LogP contribution in [0.25, 0.3) is 0 Å². The number of nitrogens with two attached hydrogens (primary N) is 1. The summed E-state index contributed by atoms with van der Waals surface area (Å²) in [7, 11) is 0. The van der Waals surface area contributed by atoms with E-state index in [-0.39, 0.29) is 0 Å². The van der Waals surface area contributed by atoms with Gasteiger partial charge in [0.05, 0.1) is 0 Å². The largest absolute Gasteiger partial charge is 0.399 e. The Kier molecular flexibility index (Phi) is 3.87. The first-order valence-electron chi connectivity index (χ1n) is 5.95. The fourth-order valence-electron chi connectivity index (χ4n) is 2.33. The van der Waals surface area contributed by atoms with Gasteiger partial charge >= 0.3 is 0 Å².